The van der Waals surface area contributed by atoms with Crippen molar-refractivity contribution in [1.82, 2.24) is 9.97 Å². The molecule has 1 aromatic heterocycles. The van der Waals surface area contributed by atoms with E-state index in [0.717, 1.165) is 49.5 Å². The lowest BCUT2D eigenvalue weighted by Crippen LogP contribution is -2.36. The standard InChI is InChI=1S/C15H26N4O/c1-4-12-10-13(19-16)18-14(17-12)15(20-5-2)8-6-11(3)7-9-15/h10-11H,4-9,16H2,1-3H3,(H,17,18,19). The van der Waals surface area contributed by atoms with Crippen LogP contribution in [-0.4, -0.2) is 16.6 Å². The predicted molar refractivity (Wildman–Crippen MR) is 80.2 cm³/mol. The van der Waals surface area contributed by atoms with E-state index in [0.29, 0.717) is 12.4 Å². The molecule has 20 heavy (non-hydrogen) atoms. The van der Waals surface area contributed by atoms with E-state index in [9.17, 15) is 0 Å². The monoisotopic (exact) mass is 278 g/mol. The number of nitrogens with zero attached hydrogens (tertiary/aromatic N) is 2. The SMILES string of the molecule is CCOC1(c2nc(CC)cc(NN)n2)CCC(C)CC1. The fourth-order valence-electron chi connectivity index (χ4n) is 2.89. The third-order valence-electron chi connectivity index (χ3n) is 4.20. The van der Waals surface area contributed by atoms with Crippen LogP contribution in [0.3, 0.4) is 0 Å². The van der Waals surface area contributed by atoms with Gasteiger partial charge >= 0.3 is 0 Å². The minimum atomic E-state index is -0.335. The molecule has 1 fully saturated rings. The van der Waals surface area contributed by atoms with Gasteiger partial charge in [0.15, 0.2) is 5.82 Å². The number of nitrogen functional groups attached to an aromatic ring is 1. The number of hydrogen-bond donors (Lipinski definition) is 2. The molecular weight excluding hydrogens is 252 g/mol. The number of ether oxygens (including phenoxy) is 1. The molecule has 5 heteroatoms. The first-order valence-electron chi connectivity index (χ1n) is 7.62. The van der Waals surface area contributed by atoms with Gasteiger partial charge in [-0.25, -0.2) is 15.8 Å². The summed E-state index contributed by atoms with van der Waals surface area (Å²) in [5.74, 6) is 7.75. The van der Waals surface area contributed by atoms with Gasteiger partial charge in [0, 0.05) is 18.4 Å². The molecule has 5 nitrogen and oxygen atoms in total. The average Bonchev–Trinajstić information content (AvgIpc) is 2.49. The second kappa shape index (κ2) is 6.50. The van der Waals surface area contributed by atoms with Crippen molar-refractivity contribution in [3.8, 4) is 0 Å². The van der Waals surface area contributed by atoms with E-state index in [4.69, 9.17) is 15.6 Å². The molecule has 1 aliphatic rings. The van der Waals surface area contributed by atoms with Crippen molar-refractivity contribution in [2.24, 2.45) is 11.8 Å². The maximum Gasteiger partial charge on any atom is 0.162 e. The first kappa shape index (κ1) is 15.2. The van der Waals surface area contributed by atoms with Gasteiger partial charge in [0.25, 0.3) is 0 Å². The smallest absolute Gasteiger partial charge is 0.162 e. The molecule has 0 radical (unpaired) electrons. The number of rotatable bonds is 5. The summed E-state index contributed by atoms with van der Waals surface area (Å²) in [7, 11) is 0. The summed E-state index contributed by atoms with van der Waals surface area (Å²) < 4.78 is 6.11. The number of nitrogens with one attached hydrogen (secondary N) is 1. The highest BCUT2D eigenvalue weighted by atomic mass is 16.5. The molecule has 0 bridgehead atoms. The molecule has 3 N–H and O–H groups in total. The Hall–Kier alpha value is -1.20. The van der Waals surface area contributed by atoms with E-state index in [-0.39, 0.29) is 5.60 Å². The molecule has 0 atom stereocenters. The Morgan fingerprint density at radius 3 is 2.60 bits per heavy atom. The fraction of sp³-hybridized carbons (Fsp3) is 0.733. The highest BCUT2D eigenvalue weighted by Crippen LogP contribution is 2.41. The zero-order valence-electron chi connectivity index (χ0n) is 12.8. The van der Waals surface area contributed by atoms with Crippen LogP contribution in [0.1, 0.15) is 58.0 Å². The van der Waals surface area contributed by atoms with Gasteiger partial charge in [-0.05, 0) is 44.9 Å². The van der Waals surface area contributed by atoms with Gasteiger partial charge in [0.1, 0.15) is 11.4 Å². The molecule has 1 aromatic rings. The molecular formula is C15H26N4O. The highest BCUT2D eigenvalue weighted by molar-refractivity contribution is 5.35. The van der Waals surface area contributed by atoms with E-state index < -0.39 is 0 Å². The van der Waals surface area contributed by atoms with Crippen LogP contribution in [0.25, 0.3) is 0 Å². The Bertz CT molecular complexity index is 419. The normalized spacial score (nSPS) is 26.5. The van der Waals surface area contributed by atoms with Gasteiger partial charge in [-0.3, -0.25) is 0 Å². The number of anilines is 1. The van der Waals surface area contributed by atoms with Crippen molar-refractivity contribution in [2.45, 2.75) is 58.5 Å². The molecule has 0 spiro atoms. The number of aryl methyl sites for hydroxylation is 1. The van der Waals surface area contributed by atoms with Crippen LogP contribution < -0.4 is 11.3 Å². The van der Waals surface area contributed by atoms with Gasteiger partial charge < -0.3 is 10.2 Å². The maximum absolute atomic E-state index is 6.11. The second-order valence-corrected chi connectivity index (χ2v) is 5.68. The zero-order chi connectivity index (χ0) is 14.6. The van der Waals surface area contributed by atoms with Crippen LogP contribution in [0.15, 0.2) is 6.07 Å². The van der Waals surface area contributed by atoms with Crippen molar-refractivity contribution < 1.29 is 4.74 Å². The Balaban J connectivity index is 2.38. The predicted octanol–water partition coefficient (Wildman–Crippen LogP) is 2.77. The van der Waals surface area contributed by atoms with Crippen LogP contribution in [0.5, 0.6) is 0 Å². The number of nitrogens with two attached hydrogens (primary N) is 1. The molecule has 0 amide bonds. The van der Waals surface area contributed by atoms with Gasteiger partial charge in [-0.1, -0.05) is 13.8 Å². The Morgan fingerprint density at radius 1 is 1.35 bits per heavy atom. The van der Waals surface area contributed by atoms with Crippen LogP contribution >= 0.6 is 0 Å². The van der Waals surface area contributed by atoms with Crippen LogP contribution in [0.4, 0.5) is 5.82 Å². The highest BCUT2D eigenvalue weighted by Gasteiger charge is 2.39. The molecule has 0 unspecified atom stereocenters. The Kier molecular flexibility index (Phi) is 4.94. The van der Waals surface area contributed by atoms with Crippen molar-refractivity contribution >= 4 is 5.82 Å². The van der Waals surface area contributed by atoms with E-state index in [1.807, 2.05) is 13.0 Å². The lowest BCUT2D eigenvalue weighted by molar-refractivity contribution is -0.0837. The minimum absolute atomic E-state index is 0.335. The van der Waals surface area contributed by atoms with Crippen molar-refractivity contribution in [1.29, 1.82) is 0 Å². The third kappa shape index (κ3) is 3.10. The fourth-order valence-corrected chi connectivity index (χ4v) is 2.89. The van der Waals surface area contributed by atoms with Crippen molar-refractivity contribution in [3.05, 3.63) is 17.6 Å². The largest absolute Gasteiger partial charge is 0.367 e. The van der Waals surface area contributed by atoms with E-state index in [1.54, 1.807) is 0 Å². The van der Waals surface area contributed by atoms with Crippen molar-refractivity contribution in [2.75, 3.05) is 12.0 Å². The van der Waals surface area contributed by atoms with Gasteiger partial charge in [-0.2, -0.15) is 0 Å². The molecule has 0 aromatic carbocycles. The number of hydrazine groups is 1. The topological polar surface area (TPSA) is 73.1 Å². The van der Waals surface area contributed by atoms with Crippen LogP contribution in [0, 0.1) is 5.92 Å². The first-order valence-corrected chi connectivity index (χ1v) is 7.62. The van der Waals surface area contributed by atoms with Crippen LogP contribution in [-0.2, 0) is 16.8 Å². The van der Waals surface area contributed by atoms with E-state index in [1.165, 1.54) is 0 Å². The molecule has 1 saturated carbocycles. The molecule has 1 aliphatic carbocycles. The first-order chi connectivity index (χ1) is 9.63. The lowest BCUT2D eigenvalue weighted by Gasteiger charge is -2.38. The minimum Gasteiger partial charge on any atom is -0.367 e. The molecule has 112 valence electrons. The van der Waals surface area contributed by atoms with Gasteiger partial charge in [0.05, 0.1) is 0 Å². The third-order valence-corrected chi connectivity index (χ3v) is 4.20. The van der Waals surface area contributed by atoms with Gasteiger partial charge in [-0.15, -0.1) is 0 Å². The summed E-state index contributed by atoms with van der Waals surface area (Å²) in [5, 5.41) is 0. The second-order valence-electron chi connectivity index (χ2n) is 5.68. The molecule has 0 aliphatic heterocycles. The van der Waals surface area contributed by atoms with Crippen molar-refractivity contribution in [3.63, 3.8) is 0 Å². The molecule has 1 heterocycles. The molecule has 0 saturated heterocycles. The summed E-state index contributed by atoms with van der Waals surface area (Å²) >= 11 is 0. The summed E-state index contributed by atoms with van der Waals surface area (Å²) in [6.07, 6.45) is 5.15. The lowest BCUT2D eigenvalue weighted by atomic mass is 9.78. The summed E-state index contributed by atoms with van der Waals surface area (Å²) in [5.41, 5.74) is 3.31. The van der Waals surface area contributed by atoms with E-state index >= 15 is 0 Å². The Labute approximate surface area is 121 Å². The Morgan fingerprint density at radius 2 is 2.05 bits per heavy atom. The van der Waals surface area contributed by atoms with Gasteiger partial charge in [0.2, 0.25) is 0 Å². The number of aromatic nitrogens is 2. The average molecular weight is 278 g/mol. The maximum atomic E-state index is 6.11. The zero-order valence-corrected chi connectivity index (χ0v) is 12.8. The van der Waals surface area contributed by atoms with E-state index in [2.05, 4.69) is 24.3 Å². The molecule has 2 rings (SSSR count). The van der Waals surface area contributed by atoms with Crippen LogP contribution in [0.2, 0.25) is 0 Å². The summed E-state index contributed by atoms with van der Waals surface area (Å²) in [6.45, 7) is 7.10. The summed E-state index contributed by atoms with van der Waals surface area (Å²) in [4.78, 5) is 9.27. The summed E-state index contributed by atoms with van der Waals surface area (Å²) in [6, 6.07) is 1.90. The quantitative estimate of drug-likeness (QED) is 0.640. The number of hydrogen-bond acceptors (Lipinski definition) is 5.